The van der Waals surface area contributed by atoms with Crippen LogP contribution >= 0.6 is 0 Å². The second-order valence-electron chi connectivity index (χ2n) is 5.10. The van der Waals surface area contributed by atoms with Crippen LogP contribution in [0, 0.1) is 26.2 Å². The molecule has 0 bridgehead atoms. The molecule has 0 atom stereocenters. The Morgan fingerprint density at radius 2 is 1.90 bits per heavy atom. The number of aryl methyl sites for hydroxylation is 1. The largest absolute Gasteiger partial charge is 0.478 e. The van der Waals surface area contributed by atoms with Crippen LogP contribution in [0.3, 0.4) is 0 Å². The maximum atomic E-state index is 12.4. The number of carboxylic acids is 1. The summed E-state index contributed by atoms with van der Waals surface area (Å²) in [5.41, 5.74) is -0.0515. The van der Waals surface area contributed by atoms with Crippen molar-refractivity contribution in [3.8, 4) is 12.3 Å². The summed E-state index contributed by atoms with van der Waals surface area (Å²) < 4.78 is 27.1. The number of terminal acetylenes is 1. The molecule has 0 saturated heterocycles. The van der Waals surface area contributed by atoms with Crippen LogP contribution in [0.15, 0.2) is 17.0 Å². The van der Waals surface area contributed by atoms with Crippen LogP contribution in [-0.4, -0.2) is 25.0 Å². The third kappa shape index (κ3) is 3.38. The lowest BCUT2D eigenvalue weighted by Crippen LogP contribution is -2.42. The predicted octanol–water partition coefficient (Wildman–Crippen LogP) is 1.69. The van der Waals surface area contributed by atoms with Gasteiger partial charge < -0.3 is 5.11 Å². The first-order chi connectivity index (χ1) is 9.00. The van der Waals surface area contributed by atoms with Gasteiger partial charge in [0.05, 0.1) is 16.0 Å². The van der Waals surface area contributed by atoms with Gasteiger partial charge in [0.2, 0.25) is 10.0 Å². The maximum Gasteiger partial charge on any atom is 0.335 e. The fourth-order valence-electron chi connectivity index (χ4n) is 1.65. The van der Waals surface area contributed by atoms with Gasteiger partial charge in [0.15, 0.2) is 0 Å². The smallest absolute Gasteiger partial charge is 0.335 e. The first kappa shape index (κ1) is 16.2. The molecule has 0 saturated carbocycles. The Hall–Kier alpha value is -1.84. The highest BCUT2D eigenvalue weighted by molar-refractivity contribution is 7.89. The van der Waals surface area contributed by atoms with E-state index in [1.807, 2.05) is 0 Å². The molecular weight excluding hydrogens is 278 g/mol. The van der Waals surface area contributed by atoms with Crippen LogP contribution in [0.5, 0.6) is 0 Å². The van der Waals surface area contributed by atoms with Crippen molar-refractivity contribution >= 4 is 16.0 Å². The Labute approximate surface area is 119 Å². The second kappa shape index (κ2) is 5.27. The Balaban J connectivity index is 3.47. The minimum Gasteiger partial charge on any atom is -0.478 e. The third-order valence-electron chi connectivity index (χ3n) is 2.91. The molecule has 5 nitrogen and oxygen atoms in total. The number of nitrogens with one attached hydrogen (secondary N) is 1. The number of aromatic carboxylic acids is 1. The maximum absolute atomic E-state index is 12.4. The lowest BCUT2D eigenvalue weighted by molar-refractivity contribution is 0.0696. The first-order valence-electron chi connectivity index (χ1n) is 5.86. The molecule has 0 aliphatic carbocycles. The normalized spacial score (nSPS) is 11.9. The van der Waals surface area contributed by atoms with E-state index < -0.39 is 21.5 Å². The van der Waals surface area contributed by atoms with E-state index in [-0.39, 0.29) is 10.5 Å². The van der Waals surface area contributed by atoms with E-state index >= 15 is 0 Å². The van der Waals surface area contributed by atoms with E-state index in [1.165, 1.54) is 6.07 Å². The molecule has 1 rings (SSSR count). The van der Waals surface area contributed by atoms with E-state index in [2.05, 4.69) is 10.6 Å². The van der Waals surface area contributed by atoms with Crippen LogP contribution < -0.4 is 4.72 Å². The van der Waals surface area contributed by atoms with Crippen molar-refractivity contribution in [2.45, 2.75) is 38.1 Å². The quantitative estimate of drug-likeness (QED) is 0.828. The summed E-state index contributed by atoms with van der Waals surface area (Å²) in [6.45, 7) is 6.38. The topological polar surface area (TPSA) is 83.5 Å². The minimum atomic E-state index is -3.90. The van der Waals surface area contributed by atoms with Crippen molar-refractivity contribution in [3.63, 3.8) is 0 Å². The van der Waals surface area contributed by atoms with Gasteiger partial charge >= 0.3 is 5.97 Å². The van der Waals surface area contributed by atoms with Gasteiger partial charge in [-0.1, -0.05) is 5.92 Å². The van der Waals surface area contributed by atoms with Gasteiger partial charge in [-0.25, -0.2) is 13.2 Å². The van der Waals surface area contributed by atoms with Gasteiger partial charge in [-0.05, 0) is 51.0 Å². The van der Waals surface area contributed by atoms with Gasteiger partial charge in [-0.3, -0.25) is 0 Å². The van der Waals surface area contributed by atoms with Gasteiger partial charge in [-0.15, -0.1) is 6.42 Å². The number of carboxylic acid groups (broad SMARTS) is 1. The summed E-state index contributed by atoms with van der Waals surface area (Å²) in [7, 11) is -3.90. The molecule has 2 N–H and O–H groups in total. The zero-order valence-electron chi connectivity index (χ0n) is 11.8. The number of rotatable bonds is 4. The summed E-state index contributed by atoms with van der Waals surface area (Å²) in [6.07, 6.45) is 5.27. The van der Waals surface area contributed by atoms with Crippen molar-refractivity contribution in [2.75, 3.05) is 0 Å². The SMILES string of the molecule is C#CC(C)(C)NS(=O)(=O)c1cc(C(=O)O)cc(C)c1C. The van der Waals surface area contributed by atoms with Crippen LogP contribution in [0.4, 0.5) is 0 Å². The summed E-state index contributed by atoms with van der Waals surface area (Å²) in [4.78, 5) is 11.0. The lowest BCUT2D eigenvalue weighted by Gasteiger charge is -2.21. The fraction of sp³-hybridized carbons (Fsp3) is 0.357. The molecule has 0 aliphatic rings. The molecule has 6 heteroatoms. The van der Waals surface area contributed by atoms with Crippen molar-refractivity contribution in [2.24, 2.45) is 0 Å². The third-order valence-corrected chi connectivity index (χ3v) is 4.69. The zero-order valence-corrected chi connectivity index (χ0v) is 12.6. The lowest BCUT2D eigenvalue weighted by atomic mass is 10.1. The molecule has 20 heavy (non-hydrogen) atoms. The molecule has 108 valence electrons. The molecule has 0 amide bonds. The summed E-state index contributed by atoms with van der Waals surface area (Å²) in [6, 6.07) is 2.57. The van der Waals surface area contributed by atoms with Crippen LogP contribution in [-0.2, 0) is 10.0 Å². The van der Waals surface area contributed by atoms with Gasteiger partial charge in [0.1, 0.15) is 0 Å². The van der Waals surface area contributed by atoms with E-state index in [0.717, 1.165) is 6.07 Å². The highest BCUT2D eigenvalue weighted by atomic mass is 32.2. The second-order valence-corrected chi connectivity index (χ2v) is 6.75. The van der Waals surface area contributed by atoms with E-state index in [9.17, 15) is 13.2 Å². The fourth-order valence-corrected chi connectivity index (χ4v) is 3.34. The van der Waals surface area contributed by atoms with E-state index in [4.69, 9.17) is 11.5 Å². The summed E-state index contributed by atoms with van der Waals surface area (Å²) >= 11 is 0. The molecule has 0 heterocycles. The number of hydrogen-bond donors (Lipinski definition) is 2. The molecule has 0 aromatic heterocycles. The molecule has 0 radical (unpaired) electrons. The Morgan fingerprint density at radius 1 is 1.35 bits per heavy atom. The standard InChI is InChI=1S/C14H17NO4S/c1-6-14(4,5)15-20(18,19)12-8-11(13(16)17)7-9(2)10(12)3/h1,7-8,15H,2-5H3,(H,16,17). The van der Waals surface area contributed by atoms with Crippen molar-refractivity contribution in [1.82, 2.24) is 4.72 Å². The first-order valence-corrected chi connectivity index (χ1v) is 7.35. The average Bonchev–Trinajstić information content (AvgIpc) is 2.30. The number of sulfonamides is 1. The molecule has 0 unspecified atom stereocenters. The van der Waals surface area contributed by atoms with Crippen molar-refractivity contribution in [1.29, 1.82) is 0 Å². The zero-order chi connectivity index (χ0) is 15.7. The Kier molecular flexibility index (Phi) is 4.27. The molecule has 0 spiro atoms. The number of carbonyl (C=O) groups is 1. The minimum absolute atomic E-state index is 0.0711. The number of benzene rings is 1. The van der Waals surface area contributed by atoms with E-state index in [0.29, 0.717) is 11.1 Å². The van der Waals surface area contributed by atoms with Crippen LogP contribution in [0.2, 0.25) is 0 Å². The van der Waals surface area contributed by atoms with Crippen LogP contribution in [0.1, 0.15) is 35.3 Å². The van der Waals surface area contributed by atoms with Crippen molar-refractivity contribution < 1.29 is 18.3 Å². The Morgan fingerprint density at radius 3 is 2.35 bits per heavy atom. The Bertz CT molecular complexity index is 697. The molecule has 1 aromatic rings. The van der Waals surface area contributed by atoms with E-state index in [1.54, 1.807) is 27.7 Å². The van der Waals surface area contributed by atoms with Crippen LogP contribution in [0.25, 0.3) is 0 Å². The average molecular weight is 295 g/mol. The predicted molar refractivity (Wildman–Crippen MR) is 76.1 cm³/mol. The monoisotopic (exact) mass is 295 g/mol. The highest BCUT2D eigenvalue weighted by Gasteiger charge is 2.27. The molecule has 0 fully saturated rings. The summed E-state index contributed by atoms with van der Waals surface area (Å²) in [5, 5.41) is 9.02. The van der Waals surface area contributed by atoms with Gasteiger partial charge in [0.25, 0.3) is 0 Å². The molecule has 1 aromatic carbocycles. The van der Waals surface area contributed by atoms with Gasteiger partial charge in [-0.2, -0.15) is 4.72 Å². The molecule has 0 aliphatic heterocycles. The van der Waals surface area contributed by atoms with Crippen molar-refractivity contribution in [3.05, 3.63) is 28.8 Å². The summed E-state index contributed by atoms with van der Waals surface area (Å²) in [5.74, 6) is 1.15. The molecular formula is C14H17NO4S. The highest BCUT2D eigenvalue weighted by Crippen LogP contribution is 2.22. The van der Waals surface area contributed by atoms with Gasteiger partial charge in [0, 0.05) is 0 Å². The number of hydrogen-bond acceptors (Lipinski definition) is 3.